The van der Waals surface area contributed by atoms with Crippen molar-refractivity contribution in [2.45, 2.75) is 0 Å². The van der Waals surface area contributed by atoms with Gasteiger partial charge in [-0.3, -0.25) is 14.6 Å². The van der Waals surface area contributed by atoms with Gasteiger partial charge in [0, 0.05) is 13.1 Å². The van der Waals surface area contributed by atoms with Gasteiger partial charge in [-0.15, -0.1) is 0 Å². The van der Waals surface area contributed by atoms with Gasteiger partial charge in [0.2, 0.25) is 0 Å². The van der Waals surface area contributed by atoms with E-state index < -0.39 is 0 Å². The third-order valence-corrected chi connectivity index (χ3v) is 5.11. The van der Waals surface area contributed by atoms with Crippen molar-refractivity contribution in [2.75, 3.05) is 40.1 Å². The Balaban J connectivity index is 1.70. The molecule has 0 spiro atoms. The molecule has 1 aromatic carbocycles. The zero-order chi connectivity index (χ0) is 16.2. The first kappa shape index (κ1) is 16.4. The number of methoxy groups -OCH3 is 1. The summed E-state index contributed by atoms with van der Waals surface area (Å²) in [6.45, 7) is 3.60. The Morgan fingerprint density at radius 3 is 2.65 bits per heavy atom. The van der Waals surface area contributed by atoms with E-state index in [9.17, 15) is 4.79 Å². The molecule has 0 aromatic heterocycles. The number of hydrogen-bond acceptors (Lipinski definition) is 6. The molecule has 122 valence electrons. The number of thiocarbonyl (C=S) groups is 1. The molecule has 0 unspecified atom stereocenters. The zero-order valence-electron chi connectivity index (χ0n) is 12.9. The topological polar surface area (TPSA) is 42.0 Å². The smallest absolute Gasteiger partial charge is 0.267 e. The van der Waals surface area contributed by atoms with E-state index in [0.717, 1.165) is 24.4 Å². The van der Waals surface area contributed by atoms with E-state index >= 15 is 0 Å². The maximum absolute atomic E-state index is 12.6. The van der Waals surface area contributed by atoms with Gasteiger partial charge in [-0.05, 0) is 23.8 Å². The Kier molecular flexibility index (Phi) is 5.32. The van der Waals surface area contributed by atoms with E-state index in [2.05, 4.69) is 4.90 Å². The molecule has 7 heteroatoms. The lowest BCUT2D eigenvalue weighted by atomic mass is 10.2. The second-order valence-corrected chi connectivity index (χ2v) is 6.93. The van der Waals surface area contributed by atoms with Crippen molar-refractivity contribution in [3.63, 3.8) is 0 Å². The Bertz CT molecular complexity index is 625. The first-order valence-electron chi connectivity index (χ1n) is 7.37. The van der Waals surface area contributed by atoms with Crippen LogP contribution in [0.2, 0.25) is 0 Å². The van der Waals surface area contributed by atoms with Crippen molar-refractivity contribution < 1.29 is 14.3 Å². The molecule has 2 heterocycles. The molecular weight excluding hydrogens is 332 g/mol. The highest BCUT2D eigenvalue weighted by Crippen LogP contribution is 2.32. The molecule has 23 heavy (non-hydrogen) atoms. The van der Waals surface area contributed by atoms with Crippen LogP contribution in [-0.4, -0.2) is 60.1 Å². The van der Waals surface area contributed by atoms with E-state index in [1.165, 1.54) is 11.8 Å². The second-order valence-electron chi connectivity index (χ2n) is 5.25. The van der Waals surface area contributed by atoms with Crippen molar-refractivity contribution in [3.05, 3.63) is 34.7 Å². The number of rotatable bonds is 4. The van der Waals surface area contributed by atoms with Gasteiger partial charge in [-0.2, -0.15) is 0 Å². The van der Waals surface area contributed by atoms with Crippen LogP contribution in [0.5, 0.6) is 5.75 Å². The second kappa shape index (κ2) is 7.44. The third-order valence-electron chi connectivity index (χ3n) is 3.73. The fourth-order valence-corrected chi connectivity index (χ4v) is 3.66. The molecule has 0 aliphatic carbocycles. The number of amides is 1. The summed E-state index contributed by atoms with van der Waals surface area (Å²) < 4.78 is 11.1. The summed E-state index contributed by atoms with van der Waals surface area (Å²) in [7, 11) is 1.63. The number of hydrogen-bond donors (Lipinski definition) is 0. The average Bonchev–Trinajstić information content (AvgIpc) is 2.84. The Hall–Kier alpha value is -1.41. The Morgan fingerprint density at radius 2 is 2.00 bits per heavy atom. The predicted molar refractivity (Wildman–Crippen MR) is 95.3 cm³/mol. The number of nitrogens with zero attached hydrogens (tertiary/aromatic N) is 2. The first-order chi connectivity index (χ1) is 11.2. The first-order valence-corrected chi connectivity index (χ1v) is 8.59. The largest absolute Gasteiger partial charge is 0.497 e. The van der Waals surface area contributed by atoms with Gasteiger partial charge in [0.05, 0.1) is 31.9 Å². The number of morpholine rings is 1. The molecule has 3 rings (SSSR count). The molecule has 0 saturated carbocycles. The number of carbonyl (C=O) groups excluding carboxylic acids is 1. The van der Waals surface area contributed by atoms with Gasteiger partial charge in [0.25, 0.3) is 5.91 Å². The standard InChI is InChI=1S/C16H18N2O3S2/c1-20-13-4-2-12(3-5-13)10-14-15(19)18(16(22)23-14)11-17-6-8-21-9-7-17/h2-5,10H,6-9,11H2,1H3/b14-10-. The average molecular weight is 350 g/mol. The Morgan fingerprint density at radius 1 is 1.30 bits per heavy atom. The molecule has 1 aromatic rings. The van der Waals surface area contributed by atoms with Crippen molar-refractivity contribution in [2.24, 2.45) is 0 Å². The molecule has 2 aliphatic heterocycles. The fourth-order valence-electron chi connectivity index (χ4n) is 2.42. The van der Waals surface area contributed by atoms with Crippen molar-refractivity contribution in [3.8, 4) is 5.75 Å². The van der Waals surface area contributed by atoms with Crippen LogP contribution in [0.25, 0.3) is 6.08 Å². The molecule has 0 radical (unpaired) electrons. The molecule has 0 atom stereocenters. The molecule has 2 fully saturated rings. The number of thioether (sulfide) groups is 1. The predicted octanol–water partition coefficient (Wildman–Crippen LogP) is 2.19. The summed E-state index contributed by atoms with van der Waals surface area (Å²) in [5, 5.41) is 0. The van der Waals surface area contributed by atoms with Gasteiger partial charge in [0.1, 0.15) is 10.1 Å². The van der Waals surface area contributed by atoms with E-state index in [0.29, 0.717) is 29.1 Å². The van der Waals surface area contributed by atoms with Crippen molar-refractivity contribution >= 4 is 40.3 Å². The van der Waals surface area contributed by atoms with Gasteiger partial charge < -0.3 is 9.47 Å². The van der Waals surface area contributed by atoms with Crippen LogP contribution < -0.4 is 4.74 Å². The van der Waals surface area contributed by atoms with Crippen LogP contribution in [0.4, 0.5) is 0 Å². The third kappa shape index (κ3) is 3.92. The number of ether oxygens (including phenoxy) is 2. The normalized spacial score (nSPS) is 21.3. The molecule has 2 aliphatic rings. The van der Waals surface area contributed by atoms with E-state index in [4.69, 9.17) is 21.7 Å². The summed E-state index contributed by atoms with van der Waals surface area (Å²) in [4.78, 5) is 17.1. The van der Waals surface area contributed by atoms with Crippen molar-refractivity contribution in [1.29, 1.82) is 0 Å². The quantitative estimate of drug-likeness (QED) is 0.613. The molecule has 2 saturated heterocycles. The minimum absolute atomic E-state index is 0.0256. The highest BCUT2D eigenvalue weighted by atomic mass is 32.2. The highest BCUT2D eigenvalue weighted by molar-refractivity contribution is 8.26. The van der Waals surface area contributed by atoms with E-state index in [-0.39, 0.29) is 5.91 Å². The molecule has 0 bridgehead atoms. The lowest BCUT2D eigenvalue weighted by molar-refractivity contribution is -0.124. The minimum atomic E-state index is -0.0256. The summed E-state index contributed by atoms with van der Waals surface area (Å²) in [6, 6.07) is 7.60. The zero-order valence-corrected chi connectivity index (χ0v) is 14.5. The summed E-state index contributed by atoms with van der Waals surface area (Å²) >= 11 is 6.72. The van der Waals surface area contributed by atoms with Crippen molar-refractivity contribution in [1.82, 2.24) is 9.80 Å². The molecular formula is C16H18N2O3S2. The van der Waals surface area contributed by atoms with Gasteiger partial charge >= 0.3 is 0 Å². The van der Waals surface area contributed by atoms with Crippen LogP contribution in [-0.2, 0) is 9.53 Å². The number of carbonyl (C=O) groups is 1. The lowest BCUT2D eigenvalue weighted by Gasteiger charge is -2.29. The SMILES string of the molecule is COc1ccc(/C=C2\SC(=S)N(CN3CCOCC3)C2=O)cc1. The van der Waals surface area contributed by atoms with Gasteiger partial charge in [0.15, 0.2) is 0 Å². The minimum Gasteiger partial charge on any atom is -0.497 e. The highest BCUT2D eigenvalue weighted by Gasteiger charge is 2.33. The lowest BCUT2D eigenvalue weighted by Crippen LogP contribution is -2.45. The summed E-state index contributed by atoms with van der Waals surface area (Å²) in [5.74, 6) is 0.768. The van der Waals surface area contributed by atoms with Crippen LogP contribution in [0.1, 0.15) is 5.56 Å². The summed E-state index contributed by atoms with van der Waals surface area (Å²) in [5.41, 5.74) is 0.956. The van der Waals surface area contributed by atoms with Crippen LogP contribution >= 0.6 is 24.0 Å². The van der Waals surface area contributed by atoms with E-state index in [1.807, 2.05) is 30.3 Å². The maximum atomic E-state index is 12.6. The van der Waals surface area contributed by atoms with Crippen LogP contribution in [0.15, 0.2) is 29.2 Å². The summed E-state index contributed by atoms with van der Waals surface area (Å²) in [6.07, 6.45) is 1.87. The van der Waals surface area contributed by atoms with E-state index in [1.54, 1.807) is 12.0 Å². The van der Waals surface area contributed by atoms with Crippen LogP contribution in [0, 0.1) is 0 Å². The molecule has 1 amide bonds. The Labute approximate surface area is 145 Å². The fraction of sp³-hybridized carbons (Fsp3) is 0.375. The van der Waals surface area contributed by atoms with Crippen LogP contribution in [0.3, 0.4) is 0 Å². The van der Waals surface area contributed by atoms with Gasteiger partial charge in [-0.25, -0.2) is 0 Å². The molecule has 0 N–H and O–H groups in total. The van der Waals surface area contributed by atoms with Gasteiger partial charge in [-0.1, -0.05) is 36.1 Å². The monoisotopic (exact) mass is 350 g/mol. The molecule has 5 nitrogen and oxygen atoms in total. The maximum Gasteiger partial charge on any atom is 0.267 e. The number of benzene rings is 1.